The molecule has 1 heterocycles. The Morgan fingerprint density at radius 3 is 2.10 bits per heavy atom. The van der Waals surface area contributed by atoms with Crippen LogP contribution in [0.2, 0.25) is 0 Å². The summed E-state index contributed by atoms with van der Waals surface area (Å²) in [4.78, 5) is -0.0537. The molecule has 2 aromatic rings. The molecule has 29 heavy (non-hydrogen) atoms. The number of sulfonamides is 1. The van der Waals surface area contributed by atoms with Gasteiger partial charge >= 0.3 is 0 Å². The van der Waals surface area contributed by atoms with Gasteiger partial charge in [-0.15, -0.1) is 0 Å². The number of unbranched alkanes of at least 4 members (excludes halogenated alkanes) is 1. The molecule has 0 aliphatic heterocycles. The first-order chi connectivity index (χ1) is 13.6. The summed E-state index contributed by atoms with van der Waals surface area (Å²) < 4.78 is 59.7. The van der Waals surface area contributed by atoms with Gasteiger partial charge in [0.2, 0.25) is 10.0 Å². The standard InChI is InChI=1S/C19H29N3O5S2/c1-6-9-14-27-17-10-12-18(13-11-17)28(23,24)22-16(5)19(15(4)20-22)29(25,26)21(7-2)8-3/h10-13H,6-9,14H2,1-5H3. The molecule has 162 valence electrons. The number of aromatic nitrogens is 2. The Kier molecular flexibility index (Phi) is 7.47. The van der Waals surface area contributed by atoms with E-state index in [1.54, 1.807) is 26.0 Å². The Bertz CT molecular complexity index is 1040. The summed E-state index contributed by atoms with van der Waals surface area (Å²) >= 11 is 0. The van der Waals surface area contributed by atoms with Crippen LogP contribution in [0.4, 0.5) is 0 Å². The van der Waals surface area contributed by atoms with Crippen LogP contribution in [0.25, 0.3) is 0 Å². The van der Waals surface area contributed by atoms with E-state index in [0.717, 1.165) is 16.9 Å². The van der Waals surface area contributed by atoms with Crippen LogP contribution in [0.15, 0.2) is 34.1 Å². The molecule has 10 heteroatoms. The average molecular weight is 444 g/mol. The van der Waals surface area contributed by atoms with Crippen molar-refractivity contribution in [2.45, 2.75) is 57.3 Å². The van der Waals surface area contributed by atoms with Crippen LogP contribution in [0.1, 0.15) is 45.0 Å². The summed E-state index contributed by atoms with van der Waals surface area (Å²) in [5.41, 5.74) is 0.218. The highest BCUT2D eigenvalue weighted by Crippen LogP contribution is 2.27. The summed E-state index contributed by atoms with van der Waals surface area (Å²) in [5, 5.41) is 4.05. The molecule has 0 N–H and O–H groups in total. The summed E-state index contributed by atoms with van der Waals surface area (Å²) in [6.45, 7) is 9.61. The van der Waals surface area contributed by atoms with E-state index in [1.165, 1.54) is 30.3 Å². The van der Waals surface area contributed by atoms with Crippen molar-refractivity contribution in [1.29, 1.82) is 0 Å². The molecule has 2 rings (SSSR count). The van der Waals surface area contributed by atoms with Gasteiger partial charge in [0, 0.05) is 13.1 Å². The third-order valence-corrected chi connectivity index (χ3v) is 8.59. The Morgan fingerprint density at radius 1 is 1.00 bits per heavy atom. The average Bonchev–Trinajstić information content (AvgIpc) is 2.98. The van der Waals surface area contributed by atoms with Gasteiger partial charge in [0.05, 0.1) is 22.9 Å². The molecular weight excluding hydrogens is 414 g/mol. The number of hydrogen-bond donors (Lipinski definition) is 0. The predicted octanol–water partition coefficient (Wildman–Crippen LogP) is 2.95. The molecule has 1 aromatic heterocycles. The minimum absolute atomic E-state index is 0.0118. The fourth-order valence-electron chi connectivity index (χ4n) is 3.05. The number of nitrogens with zero attached hydrogens (tertiary/aromatic N) is 3. The molecule has 0 amide bonds. The zero-order valence-electron chi connectivity index (χ0n) is 17.5. The topological polar surface area (TPSA) is 98.6 Å². The van der Waals surface area contributed by atoms with Crippen molar-refractivity contribution in [3.8, 4) is 5.75 Å². The van der Waals surface area contributed by atoms with Gasteiger partial charge in [-0.25, -0.2) is 8.42 Å². The lowest BCUT2D eigenvalue weighted by Crippen LogP contribution is -2.31. The maximum atomic E-state index is 13.1. The van der Waals surface area contributed by atoms with E-state index in [1.807, 2.05) is 0 Å². The second-order valence-electron chi connectivity index (χ2n) is 6.61. The Hall–Kier alpha value is -1.91. The molecule has 0 aliphatic rings. The van der Waals surface area contributed by atoms with E-state index >= 15 is 0 Å². The highest BCUT2D eigenvalue weighted by molar-refractivity contribution is 7.90. The van der Waals surface area contributed by atoms with Crippen molar-refractivity contribution < 1.29 is 21.6 Å². The Labute approximate surface area is 173 Å². The molecule has 8 nitrogen and oxygen atoms in total. The van der Waals surface area contributed by atoms with Crippen LogP contribution in [-0.4, -0.2) is 50.0 Å². The fraction of sp³-hybridized carbons (Fsp3) is 0.526. The van der Waals surface area contributed by atoms with E-state index in [2.05, 4.69) is 12.0 Å². The molecule has 0 unspecified atom stereocenters. The maximum absolute atomic E-state index is 13.1. The van der Waals surface area contributed by atoms with Gasteiger partial charge in [0.1, 0.15) is 10.6 Å². The number of ether oxygens (including phenoxy) is 1. The zero-order chi connectivity index (χ0) is 21.8. The molecule has 0 saturated heterocycles. The molecule has 0 spiro atoms. The second-order valence-corrected chi connectivity index (χ2v) is 10.3. The quantitative estimate of drug-likeness (QED) is 0.524. The van der Waals surface area contributed by atoms with Crippen molar-refractivity contribution in [1.82, 2.24) is 13.5 Å². The van der Waals surface area contributed by atoms with Crippen LogP contribution in [0.3, 0.4) is 0 Å². The molecular formula is C19H29N3O5S2. The van der Waals surface area contributed by atoms with Crippen molar-refractivity contribution in [2.75, 3.05) is 19.7 Å². The molecule has 0 atom stereocenters. The van der Waals surface area contributed by atoms with Crippen molar-refractivity contribution in [3.05, 3.63) is 35.7 Å². The molecule has 0 saturated carbocycles. The molecule has 0 bridgehead atoms. The number of hydrogen-bond acceptors (Lipinski definition) is 6. The lowest BCUT2D eigenvalue weighted by Gasteiger charge is -2.18. The lowest BCUT2D eigenvalue weighted by molar-refractivity contribution is 0.309. The first kappa shape index (κ1) is 23.4. The van der Waals surface area contributed by atoms with Gasteiger partial charge in [0.15, 0.2) is 0 Å². The van der Waals surface area contributed by atoms with Crippen LogP contribution in [0, 0.1) is 13.8 Å². The highest BCUT2D eigenvalue weighted by atomic mass is 32.2. The smallest absolute Gasteiger partial charge is 0.283 e. The highest BCUT2D eigenvalue weighted by Gasteiger charge is 2.32. The first-order valence-corrected chi connectivity index (χ1v) is 12.5. The van der Waals surface area contributed by atoms with E-state index in [4.69, 9.17) is 4.74 Å². The zero-order valence-corrected chi connectivity index (χ0v) is 19.2. The van der Waals surface area contributed by atoms with Crippen molar-refractivity contribution >= 4 is 20.0 Å². The molecule has 1 aromatic carbocycles. The van der Waals surface area contributed by atoms with Gasteiger partial charge in [-0.2, -0.15) is 21.9 Å². The number of rotatable bonds is 10. The van der Waals surface area contributed by atoms with Crippen LogP contribution in [0.5, 0.6) is 5.75 Å². The summed E-state index contributed by atoms with van der Waals surface area (Å²) in [5.74, 6) is 0.579. The van der Waals surface area contributed by atoms with Gasteiger partial charge < -0.3 is 4.74 Å². The normalized spacial score (nSPS) is 12.5. The SMILES string of the molecule is CCCCOc1ccc(S(=O)(=O)n2nc(C)c(S(=O)(=O)N(CC)CC)c2C)cc1. The molecule has 0 fully saturated rings. The van der Waals surface area contributed by atoms with E-state index in [-0.39, 0.29) is 34.3 Å². The van der Waals surface area contributed by atoms with Gasteiger partial charge in [-0.05, 0) is 44.5 Å². The Morgan fingerprint density at radius 2 is 1.59 bits per heavy atom. The van der Waals surface area contributed by atoms with Crippen molar-refractivity contribution in [3.63, 3.8) is 0 Å². The van der Waals surface area contributed by atoms with Gasteiger partial charge in [-0.3, -0.25) is 0 Å². The minimum Gasteiger partial charge on any atom is -0.494 e. The minimum atomic E-state index is -4.05. The number of benzene rings is 1. The predicted molar refractivity (Wildman–Crippen MR) is 111 cm³/mol. The largest absolute Gasteiger partial charge is 0.494 e. The molecule has 0 radical (unpaired) electrons. The van der Waals surface area contributed by atoms with Gasteiger partial charge in [-0.1, -0.05) is 27.2 Å². The summed E-state index contributed by atoms with van der Waals surface area (Å²) in [7, 11) is -7.88. The lowest BCUT2D eigenvalue weighted by atomic mass is 10.3. The van der Waals surface area contributed by atoms with E-state index < -0.39 is 20.0 Å². The van der Waals surface area contributed by atoms with Crippen molar-refractivity contribution in [2.24, 2.45) is 0 Å². The van der Waals surface area contributed by atoms with Gasteiger partial charge in [0.25, 0.3) is 10.0 Å². The van der Waals surface area contributed by atoms with E-state index in [0.29, 0.717) is 12.4 Å². The van der Waals surface area contributed by atoms with Crippen LogP contribution < -0.4 is 4.74 Å². The summed E-state index contributed by atoms with van der Waals surface area (Å²) in [6.07, 6.45) is 1.92. The van der Waals surface area contributed by atoms with E-state index in [9.17, 15) is 16.8 Å². The molecule has 0 aliphatic carbocycles. The maximum Gasteiger partial charge on any atom is 0.283 e. The monoisotopic (exact) mass is 443 g/mol. The second kappa shape index (κ2) is 9.27. The third kappa shape index (κ3) is 4.65. The third-order valence-electron chi connectivity index (χ3n) is 4.60. The first-order valence-electron chi connectivity index (χ1n) is 9.66. The number of aryl methyl sites for hydroxylation is 1. The Balaban J connectivity index is 2.45. The van der Waals surface area contributed by atoms with Crippen LogP contribution in [-0.2, 0) is 20.0 Å². The van der Waals surface area contributed by atoms with Crippen LogP contribution >= 0.6 is 0 Å². The fourth-order valence-corrected chi connectivity index (χ4v) is 6.28. The summed E-state index contributed by atoms with van der Waals surface area (Å²) in [6, 6.07) is 6.04.